The van der Waals surface area contributed by atoms with Crippen molar-refractivity contribution in [1.29, 1.82) is 0 Å². The molecule has 0 saturated carbocycles. The fraction of sp³-hybridized carbons (Fsp3) is 0.917. The Morgan fingerprint density at radius 3 is 2.81 bits per heavy atom. The molecule has 0 aromatic heterocycles. The Kier molecular flexibility index (Phi) is 5.06. The second-order valence-electron chi connectivity index (χ2n) is 5.43. The summed E-state index contributed by atoms with van der Waals surface area (Å²) in [6, 6.07) is 0. The number of carbonyl (C=O) groups is 1. The predicted octanol–water partition coefficient (Wildman–Crippen LogP) is 1.90. The lowest BCUT2D eigenvalue weighted by molar-refractivity contribution is 0.0518. The van der Waals surface area contributed by atoms with Gasteiger partial charge in [0.05, 0.1) is 0 Å². The summed E-state index contributed by atoms with van der Waals surface area (Å²) < 4.78 is 5.19. The van der Waals surface area contributed by atoms with Crippen molar-refractivity contribution in [2.45, 2.75) is 45.6 Å². The topological polar surface area (TPSA) is 50.4 Å². The van der Waals surface area contributed by atoms with Crippen LogP contribution in [0.2, 0.25) is 0 Å². The zero-order valence-electron chi connectivity index (χ0n) is 10.6. The van der Waals surface area contributed by atoms with Gasteiger partial charge in [0.15, 0.2) is 0 Å². The van der Waals surface area contributed by atoms with Crippen molar-refractivity contribution in [3.8, 4) is 0 Å². The number of rotatable bonds is 2. The highest BCUT2D eigenvalue weighted by Crippen LogP contribution is 2.12. The summed E-state index contributed by atoms with van der Waals surface area (Å²) in [5.74, 6) is 0.586. The van der Waals surface area contributed by atoms with Crippen LogP contribution in [0.3, 0.4) is 0 Å². The first-order valence-electron chi connectivity index (χ1n) is 6.15. The molecule has 0 aromatic carbocycles. The third kappa shape index (κ3) is 5.95. The van der Waals surface area contributed by atoms with Gasteiger partial charge in [0.2, 0.25) is 0 Å². The molecule has 4 heteroatoms. The Labute approximate surface area is 98.1 Å². The van der Waals surface area contributed by atoms with Crippen LogP contribution in [0.5, 0.6) is 0 Å². The predicted molar refractivity (Wildman–Crippen MR) is 64.4 cm³/mol. The molecule has 0 bridgehead atoms. The van der Waals surface area contributed by atoms with E-state index in [0.717, 1.165) is 26.1 Å². The molecule has 1 atom stereocenters. The molecule has 2 N–H and O–H groups in total. The largest absolute Gasteiger partial charge is 0.444 e. The first kappa shape index (κ1) is 13.3. The van der Waals surface area contributed by atoms with E-state index < -0.39 is 5.60 Å². The summed E-state index contributed by atoms with van der Waals surface area (Å²) in [5, 5.41) is 6.21. The molecule has 1 rings (SSSR count). The van der Waals surface area contributed by atoms with Crippen LogP contribution in [-0.4, -0.2) is 31.3 Å². The first-order valence-corrected chi connectivity index (χ1v) is 6.15. The van der Waals surface area contributed by atoms with Crippen LogP contribution >= 0.6 is 0 Å². The number of carbonyl (C=O) groups excluding carboxylic acids is 1. The van der Waals surface area contributed by atoms with Gasteiger partial charge in [-0.1, -0.05) is 0 Å². The van der Waals surface area contributed by atoms with Gasteiger partial charge in [-0.05, 0) is 59.0 Å². The van der Waals surface area contributed by atoms with Crippen LogP contribution in [0.15, 0.2) is 0 Å². The zero-order chi connectivity index (χ0) is 12.0. The number of nitrogens with one attached hydrogen (secondary N) is 2. The third-order valence-corrected chi connectivity index (χ3v) is 2.63. The summed E-state index contributed by atoms with van der Waals surface area (Å²) in [7, 11) is 0. The van der Waals surface area contributed by atoms with E-state index in [4.69, 9.17) is 4.74 Å². The van der Waals surface area contributed by atoms with Crippen molar-refractivity contribution in [2.24, 2.45) is 5.92 Å². The Morgan fingerprint density at radius 2 is 2.12 bits per heavy atom. The quantitative estimate of drug-likeness (QED) is 0.759. The molecule has 1 amide bonds. The van der Waals surface area contributed by atoms with Crippen LogP contribution in [0.25, 0.3) is 0 Å². The number of hydrogen-bond donors (Lipinski definition) is 2. The van der Waals surface area contributed by atoms with Crippen molar-refractivity contribution < 1.29 is 9.53 Å². The van der Waals surface area contributed by atoms with Crippen molar-refractivity contribution in [3.05, 3.63) is 0 Å². The van der Waals surface area contributed by atoms with Crippen LogP contribution in [-0.2, 0) is 4.74 Å². The third-order valence-electron chi connectivity index (χ3n) is 2.63. The monoisotopic (exact) mass is 228 g/mol. The maximum absolute atomic E-state index is 11.4. The second-order valence-corrected chi connectivity index (χ2v) is 5.43. The van der Waals surface area contributed by atoms with Gasteiger partial charge in [-0.25, -0.2) is 4.79 Å². The SMILES string of the molecule is CC(C)(C)OC(=O)NCC1CCCNCC1. The van der Waals surface area contributed by atoms with Gasteiger partial charge >= 0.3 is 6.09 Å². The average Bonchev–Trinajstić information content (AvgIpc) is 2.39. The van der Waals surface area contributed by atoms with Gasteiger partial charge in [-0.2, -0.15) is 0 Å². The van der Waals surface area contributed by atoms with Gasteiger partial charge in [0.25, 0.3) is 0 Å². The molecule has 0 aliphatic carbocycles. The van der Waals surface area contributed by atoms with Gasteiger partial charge in [-0.15, -0.1) is 0 Å². The molecule has 0 spiro atoms. The summed E-state index contributed by atoms with van der Waals surface area (Å²) in [4.78, 5) is 11.4. The summed E-state index contributed by atoms with van der Waals surface area (Å²) in [5.41, 5.74) is -0.408. The van der Waals surface area contributed by atoms with Crippen LogP contribution in [0, 0.1) is 5.92 Å². The lowest BCUT2D eigenvalue weighted by atomic mass is 10.0. The fourth-order valence-corrected chi connectivity index (χ4v) is 1.84. The van der Waals surface area contributed by atoms with E-state index in [0.29, 0.717) is 5.92 Å². The highest BCUT2D eigenvalue weighted by Gasteiger charge is 2.17. The molecule has 0 radical (unpaired) electrons. The molecule has 1 saturated heterocycles. The van der Waals surface area contributed by atoms with E-state index in [1.54, 1.807) is 0 Å². The maximum atomic E-state index is 11.4. The van der Waals surface area contributed by atoms with Crippen molar-refractivity contribution in [1.82, 2.24) is 10.6 Å². The zero-order valence-corrected chi connectivity index (χ0v) is 10.6. The fourth-order valence-electron chi connectivity index (χ4n) is 1.84. The van der Waals surface area contributed by atoms with Crippen molar-refractivity contribution in [3.63, 3.8) is 0 Å². The number of amides is 1. The average molecular weight is 228 g/mol. The Hall–Kier alpha value is -0.770. The van der Waals surface area contributed by atoms with E-state index in [9.17, 15) is 4.79 Å². The minimum Gasteiger partial charge on any atom is -0.444 e. The summed E-state index contributed by atoms with van der Waals surface area (Å²) in [6.45, 7) is 8.52. The van der Waals surface area contributed by atoms with E-state index in [-0.39, 0.29) is 6.09 Å². The minimum atomic E-state index is -0.408. The van der Waals surface area contributed by atoms with E-state index in [1.807, 2.05) is 20.8 Å². The first-order chi connectivity index (χ1) is 7.47. The summed E-state index contributed by atoms with van der Waals surface area (Å²) >= 11 is 0. The van der Waals surface area contributed by atoms with Gasteiger partial charge < -0.3 is 15.4 Å². The standard InChI is InChI=1S/C12H24N2O2/c1-12(2,3)16-11(15)14-9-10-5-4-7-13-8-6-10/h10,13H,4-9H2,1-3H3,(H,14,15). The second kappa shape index (κ2) is 6.09. The Balaban J connectivity index is 2.20. The number of alkyl carbamates (subject to hydrolysis) is 1. The molecule has 0 aromatic rings. The van der Waals surface area contributed by atoms with Crippen LogP contribution < -0.4 is 10.6 Å². The highest BCUT2D eigenvalue weighted by atomic mass is 16.6. The summed E-state index contributed by atoms with van der Waals surface area (Å²) in [6.07, 6.45) is 3.21. The van der Waals surface area contributed by atoms with Gasteiger partial charge in [0.1, 0.15) is 5.60 Å². The smallest absolute Gasteiger partial charge is 0.407 e. The van der Waals surface area contributed by atoms with Crippen LogP contribution in [0.4, 0.5) is 4.79 Å². The van der Waals surface area contributed by atoms with E-state index >= 15 is 0 Å². The normalized spacial score (nSPS) is 22.3. The van der Waals surface area contributed by atoms with Gasteiger partial charge in [0, 0.05) is 6.54 Å². The van der Waals surface area contributed by atoms with Crippen molar-refractivity contribution >= 4 is 6.09 Å². The lowest BCUT2D eigenvalue weighted by Gasteiger charge is -2.21. The van der Waals surface area contributed by atoms with Gasteiger partial charge in [-0.3, -0.25) is 0 Å². The molecule has 4 nitrogen and oxygen atoms in total. The molecule has 94 valence electrons. The molecule has 1 fully saturated rings. The number of hydrogen-bond acceptors (Lipinski definition) is 3. The van der Waals surface area contributed by atoms with Crippen molar-refractivity contribution in [2.75, 3.05) is 19.6 Å². The molecule has 1 unspecified atom stereocenters. The molecular formula is C12H24N2O2. The minimum absolute atomic E-state index is 0.301. The Bertz CT molecular complexity index is 216. The van der Waals surface area contributed by atoms with E-state index in [1.165, 1.54) is 12.8 Å². The molecule has 16 heavy (non-hydrogen) atoms. The number of ether oxygens (including phenoxy) is 1. The lowest BCUT2D eigenvalue weighted by Crippen LogP contribution is -2.35. The highest BCUT2D eigenvalue weighted by molar-refractivity contribution is 5.67. The van der Waals surface area contributed by atoms with Crippen LogP contribution in [0.1, 0.15) is 40.0 Å². The molecular weight excluding hydrogens is 204 g/mol. The maximum Gasteiger partial charge on any atom is 0.407 e. The molecule has 1 aliphatic heterocycles. The molecule has 1 heterocycles. The van der Waals surface area contributed by atoms with E-state index in [2.05, 4.69) is 10.6 Å². The molecule has 1 aliphatic rings. The Morgan fingerprint density at radius 1 is 1.38 bits per heavy atom.